The molecule has 4 aliphatic heterocycles. The summed E-state index contributed by atoms with van der Waals surface area (Å²) in [7, 11) is 3.27. The largest absolute Gasteiger partial charge is 0.369 e. The van der Waals surface area contributed by atoms with E-state index in [0.717, 1.165) is 105 Å². The van der Waals surface area contributed by atoms with Crippen molar-refractivity contribution in [2.75, 3.05) is 14.1 Å². The molecule has 0 saturated carbocycles. The number of benzene rings is 9. The highest BCUT2D eigenvalue weighted by Crippen LogP contribution is 2.50. The topological polar surface area (TPSA) is 387 Å². The normalized spacial score (nSPS) is 17.6. The third-order valence-corrected chi connectivity index (χ3v) is 27.2. The zero-order valence-corrected chi connectivity index (χ0v) is 79.6. The predicted molar refractivity (Wildman–Crippen MR) is 537 cm³/mol. The molecule has 4 aromatic heterocycles. The Balaban J connectivity index is 0.000000146. The van der Waals surface area contributed by atoms with Crippen LogP contribution in [0.15, 0.2) is 310 Å². The van der Waals surface area contributed by atoms with Crippen molar-refractivity contribution in [3.63, 3.8) is 0 Å². The molecule has 0 radical (unpaired) electrons. The summed E-state index contributed by atoms with van der Waals surface area (Å²) in [4.78, 5) is 111. The van der Waals surface area contributed by atoms with Crippen molar-refractivity contribution in [2.45, 2.75) is 140 Å². The van der Waals surface area contributed by atoms with Gasteiger partial charge in [-0.15, -0.1) is 22.7 Å². The van der Waals surface area contributed by atoms with Crippen LogP contribution in [0.2, 0.25) is 0 Å². The molecule has 0 bridgehead atoms. The number of thiophene rings is 2. The number of amides is 5. The Morgan fingerprint density at radius 2 is 0.839 bits per heavy atom. The van der Waals surface area contributed by atoms with E-state index in [1.165, 1.54) is 50.0 Å². The van der Waals surface area contributed by atoms with Gasteiger partial charge in [0.25, 0.3) is 17.7 Å². The Labute approximate surface area is 805 Å². The Bertz CT molecular complexity index is 6840. The van der Waals surface area contributed by atoms with Crippen LogP contribution in [0.1, 0.15) is 180 Å². The molecule has 13 aromatic rings. The van der Waals surface area contributed by atoms with Gasteiger partial charge in [-0.2, -0.15) is 15.8 Å². The van der Waals surface area contributed by atoms with Crippen LogP contribution >= 0.6 is 22.7 Å². The van der Waals surface area contributed by atoms with E-state index in [4.69, 9.17) is 42.9 Å². The van der Waals surface area contributed by atoms with E-state index in [1.807, 2.05) is 315 Å². The first-order valence-corrected chi connectivity index (χ1v) is 46.1. The summed E-state index contributed by atoms with van der Waals surface area (Å²) in [5, 5.41) is 35.2. The molecule has 1 unspecified atom stereocenters. The molecule has 0 fully saturated rings. The van der Waals surface area contributed by atoms with E-state index in [-0.39, 0.29) is 66.0 Å². The van der Waals surface area contributed by atoms with Crippen molar-refractivity contribution >= 4 is 76.0 Å². The maximum absolute atomic E-state index is 14.0. The first-order chi connectivity index (χ1) is 65.8. The molecule has 0 spiro atoms. The Hall–Kier alpha value is -16.6. The Morgan fingerprint density at radius 1 is 0.460 bits per heavy atom. The number of guanidine groups is 4. The number of nitrogens with zero attached hydrogens (tertiary/aromatic N) is 15. The molecule has 684 valence electrons. The minimum Gasteiger partial charge on any atom is -0.369 e. The number of nitrogens with one attached hydrogen (secondary N) is 1. The molecule has 137 heavy (non-hydrogen) atoms. The van der Waals surface area contributed by atoms with E-state index < -0.39 is 44.8 Å². The lowest BCUT2D eigenvalue weighted by Crippen LogP contribution is -2.52. The summed E-state index contributed by atoms with van der Waals surface area (Å²) in [5.41, 5.74) is 35.4. The van der Waals surface area contributed by atoms with Crippen molar-refractivity contribution in [1.29, 1.82) is 15.8 Å². The lowest BCUT2D eigenvalue weighted by atomic mass is 9.76. The number of aliphatic imine (C=N–C) groups is 4. The molecule has 9 N–H and O–H groups in total. The summed E-state index contributed by atoms with van der Waals surface area (Å²) in [6.07, 6.45) is 3.84. The highest BCUT2D eigenvalue weighted by Gasteiger charge is 2.54. The fraction of sp³-hybridized carbons (Fsp3) is 0.218. The monoisotopic (exact) mass is 1850 g/mol. The van der Waals surface area contributed by atoms with Crippen LogP contribution in [0.5, 0.6) is 0 Å². The van der Waals surface area contributed by atoms with Crippen LogP contribution in [0, 0.1) is 57.7 Å². The van der Waals surface area contributed by atoms with Gasteiger partial charge in [-0.1, -0.05) is 231 Å². The first-order valence-electron chi connectivity index (χ1n) is 44.3. The maximum atomic E-state index is 14.0. The average molecular weight is 1850 g/mol. The van der Waals surface area contributed by atoms with Gasteiger partial charge in [0.05, 0.1) is 70.9 Å². The van der Waals surface area contributed by atoms with Crippen molar-refractivity contribution < 1.29 is 24.0 Å². The van der Waals surface area contributed by atoms with Gasteiger partial charge in [-0.05, 0) is 202 Å². The minimum absolute atomic E-state index is 0.0847. The molecule has 0 aliphatic carbocycles. The van der Waals surface area contributed by atoms with Crippen LogP contribution in [0.4, 0.5) is 0 Å². The number of likely N-dealkylation sites (N-methyl/N-ethyl adjacent to an activating group) is 2. The molecule has 5 atom stereocenters. The average Bonchev–Trinajstić information content (AvgIpc) is 1.58. The number of carbonyl (C=O) groups excluding carboxylic acids is 5. The lowest BCUT2D eigenvalue weighted by molar-refractivity contribution is -0.131. The maximum Gasteiger partial charge on any atom is 0.266 e. The second-order valence-corrected chi connectivity index (χ2v) is 36.6. The smallest absolute Gasteiger partial charge is 0.266 e. The molecule has 25 nitrogen and oxygen atoms in total. The van der Waals surface area contributed by atoms with Gasteiger partial charge in [-0.3, -0.25) is 43.6 Å². The molecule has 8 heterocycles. The summed E-state index contributed by atoms with van der Waals surface area (Å²) in [6.45, 7) is 19.4. The molecule has 17 rings (SSSR count). The number of nitriles is 3. The van der Waals surface area contributed by atoms with Crippen molar-refractivity contribution in [1.82, 2.24) is 44.9 Å². The summed E-state index contributed by atoms with van der Waals surface area (Å²) < 4.78 is 0. The zero-order valence-electron chi connectivity index (χ0n) is 77.9. The van der Waals surface area contributed by atoms with E-state index in [9.17, 15) is 39.8 Å². The zero-order chi connectivity index (χ0) is 97.7. The van der Waals surface area contributed by atoms with Crippen LogP contribution < -0.4 is 28.3 Å². The molecule has 0 saturated heterocycles. The SMILES string of the molecule is CC#Cc1cc(-c2csc([C@@]3(C)N=C(N)N(C)C(=O)[C@@H]3c3ccc(C(C)(C)C#N)cc3)c2)ncn1.CC#Cc1cc(-c2csc([C@@]3(C)N=C(N)N(C)C(=O)[C@H]3c3ccc(C(C)(C)C#N)cc3)c2)ncn1.CCC(C)NC(=O)c1cccc(CN2C(=O)C(c3ccccc3)(c3ccccc3)N=C2N)c1.N#Cc1cccc(-c2cccc(CN3C(=O)C(c4ccccc4)(c4ccccc4)N=C3N)c2)c1. The molecular weight excluding hydrogens is 1750 g/mol. The molecule has 9 aromatic carbocycles. The van der Waals surface area contributed by atoms with Crippen LogP contribution in [0.3, 0.4) is 0 Å². The van der Waals surface area contributed by atoms with E-state index in [0.29, 0.717) is 29.1 Å². The summed E-state index contributed by atoms with van der Waals surface area (Å²) in [6, 6.07) is 90.5. The standard InChI is InChI=1S/C29H22N4O.2C27H26N6OS.C27H28N4O2/c30-19-21-9-7-11-23(17-21)24-12-8-10-22(18-24)20-33-27(34)29(32-28(33)31,25-13-3-1-4-14-25)26-15-5-2-6-16-26;2*1-6-7-20-13-21(31-16-30-20)18-12-22(35-14-18)27(4)23(24(34)33(5)25(29)32-27)17-8-10-19(11-9-17)26(2,3)15-28;1-3-19(2)29-24(32)21-12-10-11-20(17-21)18-31-25(33)27(30-26(31)28,22-13-6-4-7-14-22)23-15-8-5-9-16-23/h1-18H,20H2,(H2,31,32);2*8-14,16,23H,1-5H3,(H2,29,32);4-17,19H,3,18H2,1-2H3,(H2,28,30)(H,29,32)/t;23-,27+;23-,27-;/m.01./s1. The van der Waals surface area contributed by atoms with Crippen LogP contribution in [-0.2, 0) is 65.3 Å². The number of nitrogens with two attached hydrogens (primary N) is 4. The fourth-order valence-electron chi connectivity index (χ4n) is 16.9. The van der Waals surface area contributed by atoms with Crippen molar-refractivity contribution in [3.8, 4) is 75.5 Å². The van der Waals surface area contributed by atoms with E-state index >= 15 is 0 Å². The van der Waals surface area contributed by atoms with Crippen LogP contribution in [0.25, 0.3) is 33.6 Å². The van der Waals surface area contributed by atoms with Gasteiger partial charge < -0.3 is 28.3 Å². The summed E-state index contributed by atoms with van der Waals surface area (Å²) in [5.74, 6) is 10.3. The number of carbonyl (C=O) groups is 5. The fourth-order valence-corrected chi connectivity index (χ4v) is 18.9. The third-order valence-electron chi connectivity index (χ3n) is 24.9. The van der Waals surface area contributed by atoms with Gasteiger partial charge in [0.15, 0.2) is 34.9 Å². The highest BCUT2D eigenvalue weighted by molar-refractivity contribution is 7.11. The Kier molecular flexibility index (Phi) is 28.7. The van der Waals surface area contributed by atoms with Crippen molar-refractivity contribution in [2.24, 2.45) is 42.9 Å². The van der Waals surface area contributed by atoms with Gasteiger partial charge >= 0.3 is 0 Å². The van der Waals surface area contributed by atoms with Gasteiger partial charge in [0.2, 0.25) is 11.8 Å². The Morgan fingerprint density at radius 3 is 1.22 bits per heavy atom. The second kappa shape index (κ2) is 40.8. The highest BCUT2D eigenvalue weighted by atomic mass is 32.1. The van der Waals surface area contributed by atoms with Crippen LogP contribution in [-0.4, -0.2) is 113 Å². The molecule has 5 amide bonds. The van der Waals surface area contributed by atoms with E-state index in [2.05, 4.69) is 67.1 Å². The van der Waals surface area contributed by atoms with Crippen molar-refractivity contribution in [3.05, 3.63) is 378 Å². The van der Waals surface area contributed by atoms with E-state index in [1.54, 1.807) is 51.0 Å². The number of aromatic nitrogens is 4. The first kappa shape index (κ1) is 96.4. The summed E-state index contributed by atoms with van der Waals surface area (Å²) >= 11 is 3.02. The molecular formula is C110H102N20O5S2. The van der Waals surface area contributed by atoms with Gasteiger partial charge in [0, 0.05) is 57.3 Å². The minimum atomic E-state index is -1.24. The van der Waals surface area contributed by atoms with Gasteiger partial charge in [0.1, 0.15) is 35.1 Å². The number of hydrogen-bond acceptors (Lipinski definition) is 22. The molecule has 4 aliphatic rings. The number of rotatable bonds is 20. The number of hydrogen-bond donors (Lipinski definition) is 5. The lowest BCUT2D eigenvalue weighted by Gasteiger charge is -2.40. The predicted octanol–water partition coefficient (Wildman–Crippen LogP) is 17.0. The molecule has 27 heteroatoms. The second-order valence-electron chi connectivity index (χ2n) is 34.8. The van der Waals surface area contributed by atoms with Gasteiger partial charge in [-0.25, -0.2) is 39.9 Å². The third kappa shape index (κ3) is 19.9. The quantitative estimate of drug-likeness (QED) is 0.0443.